The molecule has 1 aromatic heterocycles. The molecule has 0 aliphatic carbocycles. The van der Waals surface area contributed by atoms with Crippen LogP contribution in [0.25, 0.3) is 11.0 Å². The molecule has 2 aromatic carbocycles. The Hall–Kier alpha value is -2.64. The number of H-pyrrole nitrogens is 1. The first kappa shape index (κ1) is 15.3. The van der Waals surface area contributed by atoms with Gasteiger partial charge in [0.05, 0.1) is 12.7 Å². The van der Waals surface area contributed by atoms with Gasteiger partial charge in [0, 0.05) is 6.07 Å². The van der Waals surface area contributed by atoms with E-state index < -0.39 is 7.12 Å². The first-order valence-corrected chi connectivity index (χ1v) is 7.12. The summed E-state index contributed by atoms with van der Waals surface area (Å²) in [4.78, 5) is 14.8. The molecule has 0 amide bonds. The van der Waals surface area contributed by atoms with E-state index in [0.29, 0.717) is 17.6 Å². The first-order chi connectivity index (χ1) is 11.1. The van der Waals surface area contributed by atoms with Gasteiger partial charge in [0.25, 0.3) is 0 Å². The second kappa shape index (κ2) is 6.24. The predicted octanol–water partition coefficient (Wildman–Crippen LogP) is -0.0299. The van der Waals surface area contributed by atoms with Crippen LogP contribution in [0.3, 0.4) is 0 Å². The predicted molar refractivity (Wildman–Crippen MR) is 85.2 cm³/mol. The van der Waals surface area contributed by atoms with E-state index in [4.69, 9.17) is 14.8 Å². The molecule has 0 spiro atoms. The molecule has 116 valence electrons. The lowest BCUT2D eigenvalue weighted by molar-refractivity contribution is -0.662. The Morgan fingerprint density at radius 1 is 1.22 bits per heavy atom. The summed E-state index contributed by atoms with van der Waals surface area (Å²) in [5, 5.41) is 18.2. The fourth-order valence-electron chi connectivity index (χ4n) is 2.48. The van der Waals surface area contributed by atoms with Crippen LogP contribution >= 0.6 is 0 Å². The van der Waals surface area contributed by atoms with Crippen LogP contribution in [0.5, 0.6) is 0 Å². The van der Waals surface area contributed by atoms with Gasteiger partial charge in [-0.2, -0.15) is 0 Å². The van der Waals surface area contributed by atoms with E-state index in [1.807, 2.05) is 29.1 Å². The molecule has 3 aromatic rings. The van der Waals surface area contributed by atoms with Gasteiger partial charge in [-0.15, -0.1) is 0 Å². The number of nitrogens with one attached hydrogen (secondary N) is 1. The maximum absolute atomic E-state index is 11.7. The highest BCUT2D eigenvalue weighted by Gasteiger charge is 2.15. The van der Waals surface area contributed by atoms with Gasteiger partial charge in [0.2, 0.25) is 6.33 Å². The molecule has 7 heteroatoms. The number of esters is 1. The normalized spacial score (nSPS) is 10.7. The second-order valence-electron chi connectivity index (χ2n) is 5.24. The van der Waals surface area contributed by atoms with Gasteiger partial charge in [-0.1, -0.05) is 24.3 Å². The fourth-order valence-corrected chi connectivity index (χ4v) is 2.48. The maximum atomic E-state index is 11.7. The van der Waals surface area contributed by atoms with E-state index in [2.05, 4.69) is 4.98 Å². The average molecular weight is 311 g/mol. The summed E-state index contributed by atoms with van der Waals surface area (Å²) in [7, 11) is -0.109. The average Bonchev–Trinajstić information content (AvgIpc) is 2.97. The summed E-state index contributed by atoms with van der Waals surface area (Å²) in [5.41, 5.74) is 3.75. The van der Waals surface area contributed by atoms with Crippen LogP contribution in [0.2, 0.25) is 0 Å². The third kappa shape index (κ3) is 3.11. The minimum atomic E-state index is -1.47. The number of aromatic nitrogens is 2. The Morgan fingerprint density at radius 2 is 1.96 bits per heavy atom. The van der Waals surface area contributed by atoms with Gasteiger partial charge < -0.3 is 14.8 Å². The summed E-state index contributed by atoms with van der Waals surface area (Å²) < 4.78 is 6.73. The Bertz CT molecular complexity index is 843. The Morgan fingerprint density at radius 3 is 2.61 bits per heavy atom. The lowest BCUT2D eigenvalue weighted by Crippen LogP contribution is -2.33. The molecule has 0 fully saturated rings. The smallest absolute Gasteiger partial charge is 0.465 e. The summed E-state index contributed by atoms with van der Waals surface area (Å²) in [6.07, 6.45) is 1.83. The van der Waals surface area contributed by atoms with Crippen molar-refractivity contribution >= 4 is 29.6 Å². The molecule has 0 atom stereocenters. The molecular formula is C16H16BN2O4+. The van der Waals surface area contributed by atoms with Crippen LogP contribution in [-0.4, -0.2) is 35.2 Å². The van der Waals surface area contributed by atoms with Gasteiger partial charge in [-0.3, -0.25) is 0 Å². The van der Waals surface area contributed by atoms with Crippen LogP contribution in [0.1, 0.15) is 15.9 Å². The number of carbonyl (C=O) groups is 1. The summed E-state index contributed by atoms with van der Waals surface area (Å²) in [6, 6.07) is 12.4. The van der Waals surface area contributed by atoms with Crippen molar-refractivity contribution in [2.24, 2.45) is 0 Å². The van der Waals surface area contributed by atoms with Crippen LogP contribution in [0.4, 0.5) is 0 Å². The van der Waals surface area contributed by atoms with Crippen LogP contribution in [-0.2, 0) is 11.3 Å². The number of rotatable bonds is 4. The van der Waals surface area contributed by atoms with Crippen molar-refractivity contribution < 1.29 is 24.1 Å². The number of imidazole rings is 1. The summed E-state index contributed by atoms with van der Waals surface area (Å²) in [5.74, 6) is -0.374. The molecule has 0 bridgehead atoms. The van der Waals surface area contributed by atoms with Gasteiger partial charge >= 0.3 is 13.1 Å². The van der Waals surface area contributed by atoms with Crippen LogP contribution < -0.4 is 10.0 Å². The van der Waals surface area contributed by atoms with Crippen molar-refractivity contribution in [2.75, 3.05) is 7.11 Å². The molecule has 6 nitrogen and oxygen atoms in total. The highest BCUT2D eigenvalue weighted by molar-refractivity contribution is 6.58. The highest BCUT2D eigenvalue weighted by atomic mass is 16.5. The van der Waals surface area contributed by atoms with Crippen LogP contribution in [0, 0.1) is 0 Å². The number of ether oxygens (including phenoxy) is 1. The largest absolute Gasteiger partial charge is 0.488 e. The van der Waals surface area contributed by atoms with Crippen molar-refractivity contribution in [3.8, 4) is 0 Å². The SMILES string of the molecule is COC(=O)c1ccc2[nH]c[n+](Cc3ccc(B(O)O)cc3)c2c1. The molecule has 0 saturated heterocycles. The zero-order valence-corrected chi connectivity index (χ0v) is 12.6. The van der Waals surface area contributed by atoms with Crippen molar-refractivity contribution in [3.05, 3.63) is 59.9 Å². The third-order valence-electron chi connectivity index (χ3n) is 3.73. The molecule has 23 heavy (non-hydrogen) atoms. The monoisotopic (exact) mass is 311 g/mol. The Balaban J connectivity index is 1.91. The van der Waals surface area contributed by atoms with Crippen molar-refractivity contribution in [3.63, 3.8) is 0 Å². The number of methoxy groups -OCH3 is 1. The van der Waals surface area contributed by atoms with Gasteiger partial charge in [-0.25, -0.2) is 14.3 Å². The van der Waals surface area contributed by atoms with E-state index in [1.54, 1.807) is 24.3 Å². The number of hydrogen-bond acceptors (Lipinski definition) is 4. The molecule has 0 aliphatic heterocycles. The van der Waals surface area contributed by atoms with E-state index in [1.165, 1.54) is 7.11 Å². The van der Waals surface area contributed by atoms with E-state index in [0.717, 1.165) is 16.6 Å². The van der Waals surface area contributed by atoms with Crippen LogP contribution in [0.15, 0.2) is 48.8 Å². The molecule has 0 aliphatic rings. The van der Waals surface area contributed by atoms with E-state index in [-0.39, 0.29) is 5.97 Å². The van der Waals surface area contributed by atoms with Crippen molar-refractivity contribution in [1.29, 1.82) is 0 Å². The number of fused-ring (bicyclic) bond motifs is 1. The molecule has 3 rings (SSSR count). The Kier molecular flexibility index (Phi) is 4.14. The number of benzene rings is 2. The second-order valence-corrected chi connectivity index (χ2v) is 5.24. The first-order valence-electron chi connectivity index (χ1n) is 7.12. The zero-order chi connectivity index (χ0) is 16.4. The zero-order valence-electron chi connectivity index (χ0n) is 12.6. The van der Waals surface area contributed by atoms with Crippen molar-refractivity contribution in [1.82, 2.24) is 4.98 Å². The standard InChI is InChI=1S/C16H15BN2O4/c1-23-16(20)12-4-7-14-15(8-12)19(10-18-14)9-11-2-5-13(6-3-11)17(21)22/h2-8,10,21-22H,9H2,1H3/p+1. The number of carbonyl (C=O) groups excluding carboxylic acids is 1. The lowest BCUT2D eigenvalue weighted by Gasteiger charge is -2.03. The van der Waals surface area contributed by atoms with Gasteiger partial charge in [-0.05, 0) is 23.2 Å². The fraction of sp³-hybridized carbons (Fsp3) is 0.125. The molecule has 0 radical (unpaired) electrons. The molecule has 3 N–H and O–H groups in total. The van der Waals surface area contributed by atoms with Gasteiger partial charge in [0.1, 0.15) is 6.54 Å². The third-order valence-corrected chi connectivity index (χ3v) is 3.73. The van der Waals surface area contributed by atoms with E-state index >= 15 is 0 Å². The Labute approximate surface area is 133 Å². The minimum Gasteiger partial charge on any atom is -0.465 e. The highest BCUT2D eigenvalue weighted by Crippen LogP contribution is 2.12. The maximum Gasteiger partial charge on any atom is 0.488 e. The molecule has 0 unspecified atom stereocenters. The summed E-state index contributed by atoms with van der Waals surface area (Å²) >= 11 is 0. The topological polar surface area (TPSA) is 86.4 Å². The summed E-state index contributed by atoms with van der Waals surface area (Å²) in [6.45, 7) is 0.590. The molecular weight excluding hydrogens is 295 g/mol. The molecule has 0 saturated carbocycles. The van der Waals surface area contributed by atoms with Gasteiger partial charge in [0.15, 0.2) is 11.0 Å². The number of hydrogen-bond donors (Lipinski definition) is 3. The lowest BCUT2D eigenvalue weighted by atomic mass is 9.80. The number of aromatic amines is 1. The minimum absolute atomic E-state index is 0.374. The molecule has 1 heterocycles. The quantitative estimate of drug-likeness (QED) is 0.359. The van der Waals surface area contributed by atoms with Crippen molar-refractivity contribution in [2.45, 2.75) is 6.54 Å². The van der Waals surface area contributed by atoms with E-state index in [9.17, 15) is 4.79 Å². The number of nitrogens with zero attached hydrogens (tertiary/aromatic N) is 1.